The summed E-state index contributed by atoms with van der Waals surface area (Å²) in [4.78, 5) is 9.94. The van der Waals surface area contributed by atoms with Crippen LogP contribution in [0.1, 0.15) is 11.1 Å². The van der Waals surface area contributed by atoms with Crippen LogP contribution in [0.25, 0.3) is 177 Å². The average Bonchev–Trinajstić information content (AvgIpc) is 1.54. The molecule has 0 radical (unpaired) electrons. The molecule has 19 rings (SSSR count). The third kappa shape index (κ3) is 8.63. The Hall–Kier alpha value is -12.5. The average molecular weight is 1280 g/mol. The normalized spacial score (nSPS) is 12.4. The van der Waals surface area contributed by atoms with Crippen molar-refractivity contribution in [1.82, 2.24) is 28.2 Å². The van der Waals surface area contributed by atoms with Crippen LogP contribution in [0, 0.1) is 0 Å². The standard InChI is InChI=1S/C86H50F6N6/c87-85(88,89)53-44-45-68(86(90,91)92)67(49-53)84-93-69-46-43-51-21-7-8-26-58(51)82(69)83(94-84)52-47-56(97-72-37-15-11-29-65(72)80-61(33-19-41-76(80)97)59-31-17-39-74-78(59)63-27-9-13-35-70(63)95(74)54-22-3-1-4-23-54)50-57(48-52)98-73-38-16-12-30-66(73)81-62(34-20-42-77(81)98)60-32-18-40-75-79(60)64-28-10-14-36-71(64)96(75)55-24-5-2-6-25-55/h1-50H. The maximum Gasteiger partial charge on any atom is 0.417 e. The zero-order valence-electron chi connectivity index (χ0n) is 51.8. The van der Waals surface area contributed by atoms with Crippen molar-refractivity contribution in [3.8, 4) is 67.6 Å². The van der Waals surface area contributed by atoms with Crippen LogP contribution in [-0.2, 0) is 12.4 Å². The minimum atomic E-state index is -5.08. The van der Waals surface area contributed by atoms with Gasteiger partial charge in [-0.15, -0.1) is 0 Å². The molecule has 98 heavy (non-hydrogen) atoms. The Morgan fingerprint density at radius 1 is 0.255 bits per heavy atom. The van der Waals surface area contributed by atoms with Gasteiger partial charge in [-0.3, -0.25) is 0 Å². The number of alkyl halides is 6. The number of hydrogen-bond donors (Lipinski definition) is 0. The minimum Gasteiger partial charge on any atom is -0.309 e. The van der Waals surface area contributed by atoms with E-state index in [2.05, 4.69) is 218 Å². The van der Waals surface area contributed by atoms with E-state index in [1.165, 1.54) is 0 Å². The van der Waals surface area contributed by atoms with Gasteiger partial charge in [-0.25, -0.2) is 9.97 Å². The van der Waals surface area contributed by atoms with Gasteiger partial charge >= 0.3 is 12.4 Å². The summed E-state index contributed by atoms with van der Waals surface area (Å²) in [6, 6.07) is 98.9. The van der Waals surface area contributed by atoms with Crippen LogP contribution >= 0.6 is 0 Å². The lowest BCUT2D eigenvalue weighted by molar-refractivity contribution is -0.141. The largest absolute Gasteiger partial charge is 0.417 e. The quantitative estimate of drug-likeness (QED) is 0.112. The van der Waals surface area contributed by atoms with Gasteiger partial charge in [-0.1, -0.05) is 188 Å². The number of fused-ring (bicyclic) bond motifs is 15. The smallest absolute Gasteiger partial charge is 0.309 e. The number of aromatic nitrogens is 6. The number of nitrogens with zero attached hydrogens (tertiary/aromatic N) is 6. The van der Waals surface area contributed by atoms with Crippen LogP contribution < -0.4 is 0 Å². The van der Waals surface area contributed by atoms with Gasteiger partial charge in [0.05, 0.1) is 66.5 Å². The van der Waals surface area contributed by atoms with Gasteiger partial charge in [0, 0.05) is 82.4 Å². The van der Waals surface area contributed by atoms with E-state index < -0.39 is 34.9 Å². The second kappa shape index (κ2) is 21.5. The van der Waals surface area contributed by atoms with Gasteiger partial charge < -0.3 is 18.3 Å². The van der Waals surface area contributed by atoms with Crippen LogP contribution in [0.2, 0.25) is 0 Å². The van der Waals surface area contributed by atoms with Crippen LogP contribution in [-0.4, -0.2) is 28.2 Å². The Kier molecular flexibility index (Phi) is 12.5. The molecule has 19 aromatic rings. The van der Waals surface area contributed by atoms with Gasteiger partial charge in [0.25, 0.3) is 0 Å². The molecule has 5 heterocycles. The first-order chi connectivity index (χ1) is 47.9. The molecule has 6 nitrogen and oxygen atoms in total. The second-order valence-corrected chi connectivity index (χ2v) is 25.0. The summed E-state index contributed by atoms with van der Waals surface area (Å²) in [7, 11) is 0. The van der Waals surface area contributed by atoms with Crippen LogP contribution in [0.15, 0.2) is 303 Å². The molecule has 0 bridgehead atoms. The molecule has 12 heteroatoms. The fourth-order valence-corrected chi connectivity index (χ4v) is 15.6. The zero-order chi connectivity index (χ0) is 65.7. The first kappa shape index (κ1) is 57.0. The zero-order valence-corrected chi connectivity index (χ0v) is 51.8. The highest BCUT2D eigenvalue weighted by Gasteiger charge is 2.39. The molecule has 0 N–H and O–H groups in total. The molecule has 0 aliphatic heterocycles. The molecule has 0 spiro atoms. The van der Waals surface area contributed by atoms with E-state index in [0.29, 0.717) is 45.9 Å². The number of rotatable bonds is 8. The van der Waals surface area contributed by atoms with E-state index in [4.69, 9.17) is 9.97 Å². The first-order valence-electron chi connectivity index (χ1n) is 32.3. The summed E-state index contributed by atoms with van der Waals surface area (Å²) < 4.78 is 99.7. The summed E-state index contributed by atoms with van der Waals surface area (Å²) in [6.45, 7) is 0. The molecule has 0 saturated heterocycles. The van der Waals surface area contributed by atoms with E-state index in [-0.39, 0.29) is 11.2 Å². The molecule has 5 aromatic heterocycles. The molecule has 0 fully saturated rings. The lowest BCUT2D eigenvalue weighted by Crippen LogP contribution is -2.12. The summed E-state index contributed by atoms with van der Waals surface area (Å²) in [5.41, 5.74) is 12.9. The van der Waals surface area contributed by atoms with Crippen LogP contribution in [0.5, 0.6) is 0 Å². The summed E-state index contributed by atoms with van der Waals surface area (Å²) in [5.74, 6) is -0.512. The second-order valence-electron chi connectivity index (χ2n) is 25.0. The predicted molar refractivity (Wildman–Crippen MR) is 386 cm³/mol. The van der Waals surface area contributed by atoms with Crippen molar-refractivity contribution in [2.24, 2.45) is 0 Å². The molecule has 466 valence electrons. The van der Waals surface area contributed by atoms with Gasteiger partial charge in [0.15, 0.2) is 5.82 Å². The van der Waals surface area contributed by atoms with Crippen molar-refractivity contribution < 1.29 is 26.3 Å². The lowest BCUT2D eigenvalue weighted by Gasteiger charge is -2.19. The molecule has 0 aliphatic rings. The topological polar surface area (TPSA) is 45.5 Å². The number of benzene rings is 14. The van der Waals surface area contributed by atoms with E-state index in [0.717, 1.165) is 126 Å². The number of hydrogen-bond acceptors (Lipinski definition) is 2. The molecular formula is C86H50F6N6. The summed E-state index contributed by atoms with van der Waals surface area (Å²) >= 11 is 0. The Labute approximate surface area is 555 Å². The maximum absolute atomic E-state index is 15.4. The van der Waals surface area contributed by atoms with E-state index in [1.807, 2.05) is 78.9 Å². The highest BCUT2D eigenvalue weighted by molar-refractivity contribution is 6.24. The van der Waals surface area contributed by atoms with Crippen molar-refractivity contribution in [1.29, 1.82) is 0 Å². The van der Waals surface area contributed by atoms with Crippen molar-refractivity contribution in [2.75, 3.05) is 0 Å². The molecule has 14 aromatic carbocycles. The minimum absolute atomic E-state index is 0.223. The Balaban J connectivity index is 0.926. The Morgan fingerprint density at radius 2 is 0.633 bits per heavy atom. The van der Waals surface area contributed by atoms with Crippen LogP contribution in [0.3, 0.4) is 0 Å². The lowest BCUT2D eigenvalue weighted by atomic mass is 9.95. The SMILES string of the molecule is FC(F)(F)c1ccc(C(F)(F)F)c(-c2nc(-c3cc(-n4c5ccccc5c5c(-c6cccc7c6c6ccccc6n7-c6ccccc6)cccc54)cc(-n4c5ccccc5c5c(-c6cccc7c6c6ccccc6n7-c6ccccc6)cccc54)c3)c3c(ccc4ccccc43)n2)c1. The highest BCUT2D eigenvalue weighted by Crippen LogP contribution is 2.49. The van der Waals surface area contributed by atoms with Gasteiger partial charge in [-0.05, 0) is 148 Å². The van der Waals surface area contributed by atoms with Crippen LogP contribution in [0.4, 0.5) is 26.3 Å². The van der Waals surface area contributed by atoms with Gasteiger partial charge in [-0.2, -0.15) is 26.3 Å². The molecule has 0 aliphatic carbocycles. The van der Waals surface area contributed by atoms with E-state index >= 15 is 13.2 Å². The van der Waals surface area contributed by atoms with Crippen molar-refractivity contribution in [3.05, 3.63) is 314 Å². The van der Waals surface area contributed by atoms with Crippen molar-refractivity contribution in [2.45, 2.75) is 12.4 Å². The summed E-state index contributed by atoms with van der Waals surface area (Å²) in [6.07, 6.45) is -10.1. The molecular weight excluding hydrogens is 1230 g/mol. The monoisotopic (exact) mass is 1280 g/mol. The van der Waals surface area contributed by atoms with E-state index in [1.54, 1.807) is 6.07 Å². The highest BCUT2D eigenvalue weighted by atomic mass is 19.4. The molecule has 0 saturated carbocycles. The third-order valence-electron chi connectivity index (χ3n) is 19.6. The third-order valence-corrected chi connectivity index (χ3v) is 19.6. The van der Waals surface area contributed by atoms with Gasteiger partial charge in [0.2, 0.25) is 0 Å². The summed E-state index contributed by atoms with van der Waals surface area (Å²) in [5, 5.41) is 10.3. The van der Waals surface area contributed by atoms with Crippen molar-refractivity contribution >= 4 is 109 Å². The fourth-order valence-electron chi connectivity index (χ4n) is 15.6. The maximum atomic E-state index is 15.4. The fraction of sp³-hybridized carbons (Fsp3) is 0.0233. The molecule has 0 unspecified atom stereocenters. The van der Waals surface area contributed by atoms with E-state index in [9.17, 15) is 13.2 Å². The predicted octanol–water partition coefficient (Wildman–Crippen LogP) is 23.9. The molecule has 0 atom stereocenters. The number of para-hydroxylation sites is 6. The van der Waals surface area contributed by atoms with Crippen molar-refractivity contribution in [3.63, 3.8) is 0 Å². The van der Waals surface area contributed by atoms with Gasteiger partial charge in [0.1, 0.15) is 0 Å². The Bertz CT molecular complexity index is 6240. The number of halogens is 6. The first-order valence-corrected chi connectivity index (χ1v) is 32.3. The molecule has 0 amide bonds. The Morgan fingerprint density at radius 3 is 1.05 bits per heavy atom.